The van der Waals surface area contributed by atoms with Crippen LogP contribution in [0.2, 0.25) is 0 Å². The Hall–Kier alpha value is -4.59. The third-order valence-corrected chi connectivity index (χ3v) is 5.47. The van der Waals surface area contributed by atoms with Crippen molar-refractivity contribution < 1.29 is 14.0 Å². The van der Waals surface area contributed by atoms with Gasteiger partial charge in [0.15, 0.2) is 0 Å². The second kappa shape index (κ2) is 9.11. The normalized spacial score (nSPS) is 11.0. The molecule has 2 amide bonds. The first-order valence-corrected chi connectivity index (χ1v) is 10.7. The summed E-state index contributed by atoms with van der Waals surface area (Å²) >= 11 is 0. The molecule has 7 nitrogen and oxygen atoms in total. The number of halogens is 1. The summed E-state index contributed by atoms with van der Waals surface area (Å²) in [5.74, 6) is -0.750. The van der Waals surface area contributed by atoms with E-state index in [1.54, 1.807) is 42.6 Å². The number of para-hydroxylation sites is 1. The highest BCUT2D eigenvalue weighted by Crippen LogP contribution is 2.20. The van der Waals surface area contributed by atoms with Crippen molar-refractivity contribution in [2.24, 2.45) is 0 Å². The predicted molar refractivity (Wildman–Crippen MR) is 128 cm³/mol. The first-order valence-electron chi connectivity index (χ1n) is 10.7. The monoisotopic (exact) mass is 453 g/mol. The third-order valence-electron chi connectivity index (χ3n) is 5.47. The molecular weight excluding hydrogens is 433 g/mol. The molecule has 5 aromatic rings. The molecule has 0 aliphatic heterocycles. The zero-order valence-corrected chi connectivity index (χ0v) is 18.0. The SMILES string of the molecule is O=C(Nc1nc2cccc(C(=O)NCCc3ccc(F)cc3)c2[nH]1)c1cc2ccccc2cn1. The van der Waals surface area contributed by atoms with Crippen molar-refractivity contribution >= 4 is 39.6 Å². The number of anilines is 1. The Kier molecular flexibility index (Phi) is 5.70. The zero-order chi connectivity index (χ0) is 23.5. The lowest BCUT2D eigenvalue weighted by atomic mass is 10.1. The molecule has 8 heteroatoms. The smallest absolute Gasteiger partial charge is 0.276 e. The number of amides is 2. The number of aromatic amines is 1. The second-order valence-corrected chi connectivity index (χ2v) is 7.79. The standard InChI is InChI=1S/C26H20FN5O2/c27-19-10-8-16(9-11-19)12-13-28-24(33)20-6-3-7-21-23(20)31-26(30-21)32-25(34)22-14-17-4-1-2-5-18(17)15-29-22/h1-11,14-15H,12-13H2,(H,28,33)(H2,30,31,32,34). The van der Waals surface area contributed by atoms with Gasteiger partial charge in [-0.3, -0.25) is 19.9 Å². The predicted octanol–water partition coefficient (Wildman–Crippen LogP) is 4.48. The van der Waals surface area contributed by atoms with Crippen molar-refractivity contribution in [1.29, 1.82) is 0 Å². The van der Waals surface area contributed by atoms with Crippen LogP contribution >= 0.6 is 0 Å². The van der Waals surface area contributed by atoms with E-state index in [1.165, 1.54) is 12.1 Å². The number of rotatable bonds is 6. The maximum absolute atomic E-state index is 13.0. The summed E-state index contributed by atoms with van der Waals surface area (Å²) in [5.41, 5.74) is 2.66. The van der Waals surface area contributed by atoms with E-state index in [4.69, 9.17) is 0 Å². The van der Waals surface area contributed by atoms with Gasteiger partial charge in [-0.25, -0.2) is 9.37 Å². The molecule has 0 fully saturated rings. The van der Waals surface area contributed by atoms with Crippen molar-refractivity contribution in [3.8, 4) is 0 Å². The molecule has 2 aromatic heterocycles. The Morgan fingerprint density at radius 3 is 2.53 bits per heavy atom. The number of imidazole rings is 1. The van der Waals surface area contributed by atoms with Crippen LogP contribution in [0, 0.1) is 5.82 Å². The summed E-state index contributed by atoms with van der Waals surface area (Å²) in [7, 11) is 0. The van der Waals surface area contributed by atoms with Gasteiger partial charge in [0.05, 0.1) is 16.6 Å². The van der Waals surface area contributed by atoms with Gasteiger partial charge in [-0.05, 0) is 47.7 Å². The van der Waals surface area contributed by atoms with E-state index in [0.717, 1.165) is 16.3 Å². The van der Waals surface area contributed by atoms with Gasteiger partial charge < -0.3 is 10.3 Å². The van der Waals surface area contributed by atoms with E-state index in [9.17, 15) is 14.0 Å². The number of benzene rings is 3. The van der Waals surface area contributed by atoms with Gasteiger partial charge in [0.25, 0.3) is 11.8 Å². The molecule has 3 N–H and O–H groups in total. The van der Waals surface area contributed by atoms with Crippen molar-refractivity contribution in [2.45, 2.75) is 6.42 Å². The number of H-pyrrole nitrogens is 1. The molecule has 0 atom stereocenters. The maximum atomic E-state index is 13.0. The molecule has 0 saturated heterocycles. The first kappa shape index (κ1) is 21.3. The number of carbonyl (C=O) groups is 2. The molecule has 0 unspecified atom stereocenters. The van der Waals surface area contributed by atoms with Crippen LogP contribution in [0.15, 0.2) is 79.0 Å². The minimum atomic E-state index is -0.407. The highest BCUT2D eigenvalue weighted by molar-refractivity contribution is 6.07. The summed E-state index contributed by atoms with van der Waals surface area (Å²) in [6.45, 7) is 0.395. The number of pyridine rings is 1. The number of carbonyl (C=O) groups excluding carboxylic acids is 2. The summed E-state index contributed by atoms with van der Waals surface area (Å²) < 4.78 is 13.0. The van der Waals surface area contributed by atoms with Gasteiger partial charge in [-0.15, -0.1) is 0 Å². The van der Waals surface area contributed by atoms with Crippen LogP contribution in [0.1, 0.15) is 26.4 Å². The topological polar surface area (TPSA) is 99.8 Å². The molecule has 0 aliphatic carbocycles. The molecule has 0 radical (unpaired) electrons. The van der Waals surface area contributed by atoms with E-state index in [0.29, 0.717) is 29.6 Å². The number of fused-ring (bicyclic) bond motifs is 2. The van der Waals surface area contributed by atoms with E-state index in [1.807, 2.05) is 24.3 Å². The minimum absolute atomic E-state index is 0.224. The van der Waals surface area contributed by atoms with Crippen LogP contribution in [0.25, 0.3) is 21.8 Å². The van der Waals surface area contributed by atoms with Gasteiger partial charge in [0.1, 0.15) is 11.5 Å². The number of nitrogens with one attached hydrogen (secondary N) is 3. The Balaban J connectivity index is 1.29. The second-order valence-electron chi connectivity index (χ2n) is 7.79. The number of hydrogen-bond donors (Lipinski definition) is 3. The highest BCUT2D eigenvalue weighted by atomic mass is 19.1. The van der Waals surface area contributed by atoms with Crippen LogP contribution in [0.4, 0.5) is 10.3 Å². The average Bonchev–Trinajstić information content (AvgIpc) is 3.27. The van der Waals surface area contributed by atoms with Crippen molar-refractivity contribution in [3.63, 3.8) is 0 Å². The molecule has 0 aliphatic rings. The minimum Gasteiger partial charge on any atom is -0.352 e. The van der Waals surface area contributed by atoms with Crippen molar-refractivity contribution in [1.82, 2.24) is 20.3 Å². The molecule has 0 spiro atoms. The van der Waals surface area contributed by atoms with Crippen LogP contribution in [-0.2, 0) is 6.42 Å². The molecule has 0 saturated carbocycles. The van der Waals surface area contributed by atoms with Gasteiger partial charge in [0, 0.05) is 18.1 Å². The number of aromatic nitrogens is 3. The summed E-state index contributed by atoms with van der Waals surface area (Å²) in [6, 6.07) is 20.7. The maximum Gasteiger partial charge on any atom is 0.276 e. The molecule has 3 aromatic carbocycles. The largest absolute Gasteiger partial charge is 0.352 e. The fourth-order valence-electron chi connectivity index (χ4n) is 3.73. The van der Waals surface area contributed by atoms with E-state index in [2.05, 4.69) is 25.6 Å². The lowest BCUT2D eigenvalue weighted by molar-refractivity contribution is 0.0954. The van der Waals surface area contributed by atoms with E-state index in [-0.39, 0.29) is 23.4 Å². The Bertz CT molecular complexity index is 1510. The van der Waals surface area contributed by atoms with Crippen LogP contribution in [-0.4, -0.2) is 33.3 Å². The average molecular weight is 453 g/mol. The summed E-state index contributed by atoms with van der Waals surface area (Å²) in [6.07, 6.45) is 2.22. The molecule has 168 valence electrons. The fourth-order valence-corrected chi connectivity index (χ4v) is 3.73. The van der Waals surface area contributed by atoms with Gasteiger partial charge in [-0.2, -0.15) is 0 Å². The summed E-state index contributed by atoms with van der Waals surface area (Å²) in [4.78, 5) is 37.1. The Morgan fingerprint density at radius 2 is 1.71 bits per heavy atom. The molecule has 2 heterocycles. The van der Waals surface area contributed by atoms with Crippen LogP contribution < -0.4 is 10.6 Å². The van der Waals surface area contributed by atoms with Gasteiger partial charge in [-0.1, -0.05) is 42.5 Å². The van der Waals surface area contributed by atoms with Crippen LogP contribution in [0.3, 0.4) is 0 Å². The zero-order valence-electron chi connectivity index (χ0n) is 18.0. The van der Waals surface area contributed by atoms with Crippen molar-refractivity contribution in [3.05, 3.63) is 102 Å². The molecule has 34 heavy (non-hydrogen) atoms. The summed E-state index contributed by atoms with van der Waals surface area (Å²) in [5, 5.41) is 7.44. The number of nitrogens with zero attached hydrogens (tertiary/aromatic N) is 2. The quantitative estimate of drug-likeness (QED) is 0.353. The molecule has 5 rings (SSSR count). The van der Waals surface area contributed by atoms with Crippen LogP contribution in [0.5, 0.6) is 0 Å². The lowest BCUT2D eigenvalue weighted by Gasteiger charge is -2.06. The fraction of sp³-hybridized carbons (Fsp3) is 0.0769. The van der Waals surface area contributed by atoms with Crippen molar-refractivity contribution in [2.75, 3.05) is 11.9 Å². The lowest BCUT2D eigenvalue weighted by Crippen LogP contribution is -2.25. The molecule has 0 bridgehead atoms. The van der Waals surface area contributed by atoms with Gasteiger partial charge in [0.2, 0.25) is 5.95 Å². The highest BCUT2D eigenvalue weighted by Gasteiger charge is 2.15. The Labute approximate surface area is 194 Å². The third kappa shape index (κ3) is 4.47. The molecular formula is C26H20FN5O2. The number of hydrogen-bond acceptors (Lipinski definition) is 4. The van der Waals surface area contributed by atoms with E-state index >= 15 is 0 Å². The van der Waals surface area contributed by atoms with Gasteiger partial charge >= 0.3 is 0 Å². The Morgan fingerprint density at radius 1 is 0.912 bits per heavy atom. The van der Waals surface area contributed by atoms with E-state index < -0.39 is 5.91 Å². The first-order chi connectivity index (χ1) is 16.6.